The van der Waals surface area contributed by atoms with E-state index in [0.717, 1.165) is 16.9 Å². The number of sulfonamides is 1. The van der Waals surface area contributed by atoms with Gasteiger partial charge in [0.15, 0.2) is 13.1 Å². The number of carbonyl (C=O) groups excluding carboxylic acids is 2. The molecule has 0 saturated carbocycles. The van der Waals surface area contributed by atoms with Crippen LogP contribution in [0.1, 0.15) is 18.9 Å². The van der Waals surface area contributed by atoms with Gasteiger partial charge in [-0.3, -0.25) is 9.59 Å². The third-order valence-electron chi connectivity index (χ3n) is 4.67. The molecular weight excluding hydrogens is 392 g/mol. The zero-order chi connectivity index (χ0) is 21.3. The van der Waals surface area contributed by atoms with Gasteiger partial charge in [-0.2, -0.15) is 4.31 Å². The number of nitrogens with zero attached hydrogens (tertiary/aromatic N) is 2. The average Bonchev–Trinajstić information content (AvgIpc) is 2.71. The van der Waals surface area contributed by atoms with Crippen molar-refractivity contribution in [2.45, 2.75) is 13.3 Å². The van der Waals surface area contributed by atoms with Gasteiger partial charge in [0.25, 0.3) is 11.8 Å². The summed E-state index contributed by atoms with van der Waals surface area (Å²) >= 11 is 0. The molecule has 0 radical (unpaired) electrons. The Kier molecular flexibility index (Phi) is 8.81. The third kappa shape index (κ3) is 7.60. The second-order valence-electron chi connectivity index (χ2n) is 7.20. The van der Waals surface area contributed by atoms with Crippen LogP contribution in [0.15, 0.2) is 35.7 Å². The van der Waals surface area contributed by atoms with Gasteiger partial charge in [-0.25, -0.2) is 8.42 Å². The van der Waals surface area contributed by atoms with Gasteiger partial charge in [0, 0.05) is 38.1 Å². The van der Waals surface area contributed by atoms with Crippen molar-refractivity contribution in [3.63, 3.8) is 0 Å². The van der Waals surface area contributed by atoms with Crippen LogP contribution in [0.2, 0.25) is 0 Å². The molecule has 29 heavy (non-hydrogen) atoms. The van der Waals surface area contributed by atoms with E-state index >= 15 is 0 Å². The predicted molar refractivity (Wildman–Crippen MR) is 112 cm³/mol. The van der Waals surface area contributed by atoms with Gasteiger partial charge < -0.3 is 15.1 Å². The molecule has 2 N–H and O–H groups in total. The van der Waals surface area contributed by atoms with Crippen LogP contribution in [0.5, 0.6) is 0 Å². The summed E-state index contributed by atoms with van der Waals surface area (Å²) in [6.45, 7) is 4.31. The average molecular weight is 424 g/mol. The van der Waals surface area contributed by atoms with Gasteiger partial charge in [-0.1, -0.05) is 37.3 Å². The number of amides is 2. The largest absolute Gasteiger partial charge is 0.351 e. The first-order valence-electron chi connectivity index (χ1n) is 9.91. The zero-order valence-electron chi connectivity index (χ0n) is 17.1. The van der Waals surface area contributed by atoms with Crippen molar-refractivity contribution in [1.82, 2.24) is 14.5 Å². The Morgan fingerprint density at radius 2 is 1.76 bits per heavy atom. The van der Waals surface area contributed by atoms with E-state index in [0.29, 0.717) is 19.6 Å². The Labute approximate surface area is 173 Å². The molecule has 1 atom stereocenters. The van der Waals surface area contributed by atoms with Crippen molar-refractivity contribution in [2.24, 2.45) is 0 Å². The third-order valence-corrected chi connectivity index (χ3v) is 6.24. The van der Waals surface area contributed by atoms with Gasteiger partial charge in [-0.15, -0.1) is 0 Å². The van der Waals surface area contributed by atoms with Crippen LogP contribution in [0.3, 0.4) is 0 Å². The summed E-state index contributed by atoms with van der Waals surface area (Å²) in [5.74, 6) is -0.138. The van der Waals surface area contributed by atoms with Crippen LogP contribution >= 0.6 is 0 Å². The number of rotatable bonds is 9. The van der Waals surface area contributed by atoms with Gasteiger partial charge >= 0.3 is 0 Å². The zero-order valence-corrected chi connectivity index (χ0v) is 18.0. The standard InChI is InChI=1S/C20H30N4O4S/c1-3-10-21-19(25)16-22(2)17-20(26)23-11-13-24(14-12-23)29(27,28)15-9-18-7-5-4-6-8-18/h4-9,15H,3,10-14,16-17H2,1-2H3,(H,21,25)/p+1/b15-9+. The van der Waals surface area contributed by atoms with E-state index in [1.807, 2.05) is 37.3 Å². The molecule has 2 rings (SSSR count). The second-order valence-corrected chi connectivity index (χ2v) is 9.02. The summed E-state index contributed by atoms with van der Waals surface area (Å²) in [6.07, 6.45) is 2.45. The lowest BCUT2D eigenvalue weighted by Gasteiger charge is -2.33. The minimum atomic E-state index is -3.52. The summed E-state index contributed by atoms with van der Waals surface area (Å²) in [6, 6.07) is 9.25. The molecule has 1 aliphatic heterocycles. The Morgan fingerprint density at radius 1 is 1.10 bits per heavy atom. The topological polar surface area (TPSA) is 91.2 Å². The highest BCUT2D eigenvalue weighted by molar-refractivity contribution is 7.92. The van der Waals surface area contributed by atoms with Crippen molar-refractivity contribution in [3.05, 3.63) is 41.3 Å². The molecule has 1 fully saturated rings. The predicted octanol–water partition coefficient (Wildman–Crippen LogP) is -0.828. The van der Waals surface area contributed by atoms with Gasteiger partial charge in [-0.05, 0) is 18.1 Å². The Hall–Kier alpha value is -2.23. The van der Waals surface area contributed by atoms with E-state index in [-0.39, 0.29) is 38.0 Å². The molecule has 1 heterocycles. The maximum absolute atomic E-state index is 12.5. The number of hydrogen-bond acceptors (Lipinski definition) is 4. The molecule has 1 aromatic rings. The number of hydrogen-bond donors (Lipinski definition) is 2. The minimum absolute atomic E-state index is 0.0670. The highest BCUT2D eigenvalue weighted by Gasteiger charge is 2.28. The first kappa shape index (κ1) is 23.1. The number of quaternary nitrogens is 1. The lowest BCUT2D eigenvalue weighted by molar-refractivity contribution is -0.863. The smallest absolute Gasteiger partial charge is 0.277 e. The van der Waals surface area contributed by atoms with Crippen molar-refractivity contribution in [3.8, 4) is 0 Å². The maximum atomic E-state index is 12.5. The Bertz CT molecular complexity index is 803. The van der Waals surface area contributed by atoms with Crippen molar-refractivity contribution in [2.75, 3.05) is 52.9 Å². The maximum Gasteiger partial charge on any atom is 0.277 e. The van der Waals surface area contributed by atoms with Gasteiger partial charge in [0.05, 0.1) is 7.05 Å². The molecular formula is C20H31N4O4S+. The Balaban J connectivity index is 1.81. The highest BCUT2D eigenvalue weighted by atomic mass is 32.2. The summed E-state index contributed by atoms with van der Waals surface area (Å²) in [7, 11) is -1.72. The summed E-state index contributed by atoms with van der Waals surface area (Å²) in [5.41, 5.74) is 0.818. The molecule has 1 unspecified atom stereocenters. The fourth-order valence-corrected chi connectivity index (χ4v) is 4.21. The van der Waals surface area contributed by atoms with E-state index in [1.54, 1.807) is 18.0 Å². The first-order valence-corrected chi connectivity index (χ1v) is 11.4. The van der Waals surface area contributed by atoms with E-state index in [2.05, 4.69) is 5.32 Å². The highest BCUT2D eigenvalue weighted by Crippen LogP contribution is 2.11. The number of piperazine rings is 1. The van der Waals surface area contributed by atoms with Crippen LogP contribution in [0, 0.1) is 0 Å². The molecule has 8 nitrogen and oxygen atoms in total. The fourth-order valence-electron chi connectivity index (χ4n) is 3.04. The van der Waals surface area contributed by atoms with Crippen molar-refractivity contribution >= 4 is 27.9 Å². The molecule has 0 aromatic heterocycles. The number of benzene rings is 1. The molecule has 2 amide bonds. The first-order chi connectivity index (χ1) is 13.8. The van der Waals surface area contributed by atoms with E-state index in [4.69, 9.17) is 0 Å². The van der Waals surface area contributed by atoms with Gasteiger partial charge in [0.2, 0.25) is 10.0 Å². The Morgan fingerprint density at radius 3 is 2.38 bits per heavy atom. The fraction of sp³-hybridized carbons (Fsp3) is 0.500. The van der Waals surface area contributed by atoms with Crippen LogP contribution in [-0.4, -0.2) is 82.3 Å². The van der Waals surface area contributed by atoms with Crippen molar-refractivity contribution < 1.29 is 22.9 Å². The van der Waals surface area contributed by atoms with Crippen LogP contribution in [0.4, 0.5) is 0 Å². The van der Waals surface area contributed by atoms with Gasteiger partial charge in [0.1, 0.15) is 0 Å². The molecule has 1 aromatic carbocycles. The van der Waals surface area contributed by atoms with E-state index < -0.39 is 10.0 Å². The number of nitrogens with one attached hydrogen (secondary N) is 2. The molecule has 1 saturated heterocycles. The van der Waals surface area contributed by atoms with Crippen LogP contribution < -0.4 is 10.2 Å². The minimum Gasteiger partial charge on any atom is -0.351 e. The molecule has 0 aliphatic carbocycles. The summed E-state index contributed by atoms with van der Waals surface area (Å²) < 4.78 is 26.4. The molecule has 9 heteroatoms. The van der Waals surface area contributed by atoms with Crippen LogP contribution in [0.25, 0.3) is 6.08 Å². The SMILES string of the molecule is CCCNC(=O)C[NH+](C)CC(=O)N1CCN(S(=O)(=O)/C=C/c2ccccc2)CC1. The van der Waals surface area contributed by atoms with E-state index in [9.17, 15) is 18.0 Å². The van der Waals surface area contributed by atoms with Crippen molar-refractivity contribution in [1.29, 1.82) is 0 Å². The normalized spacial score (nSPS) is 16.7. The van der Waals surface area contributed by atoms with E-state index in [1.165, 1.54) is 9.71 Å². The quantitative estimate of drug-likeness (QED) is 0.543. The molecule has 0 bridgehead atoms. The summed E-state index contributed by atoms with van der Waals surface area (Å²) in [4.78, 5) is 26.7. The lowest BCUT2D eigenvalue weighted by atomic mass is 10.2. The second kappa shape index (κ2) is 11.1. The monoisotopic (exact) mass is 423 g/mol. The number of carbonyl (C=O) groups is 2. The molecule has 160 valence electrons. The van der Waals surface area contributed by atoms with Crippen LogP contribution in [-0.2, 0) is 19.6 Å². The lowest BCUT2D eigenvalue weighted by Crippen LogP contribution is -3.11. The summed E-state index contributed by atoms with van der Waals surface area (Å²) in [5, 5.41) is 4.01. The number of likely N-dealkylation sites (N-methyl/N-ethyl adjacent to an activating group) is 1. The molecule has 1 aliphatic rings. The molecule has 0 spiro atoms.